The standard InChI is InChI=1S/C23H24N4O4S2/c1-14-22(19-9-8-18(33-19)12-24-15(2)28)26-23(32-14)25-20(29)13-31-17-6-3-5-16(11-17)27-10-4-7-21(27)30/h3,5-6,8-9,11H,4,7,10,12-13H2,1-2H3,(H,24,28)(H,25,26,29). The molecule has 1 aliphatic heterocycles. The van der Waals surface area contributed by atoms with Gasteiger partial charge in [0.15, 0.2) is 11.7 Å². The van der Waals surface area contributed by atoms with Gasteiger partial charge < -0.3 is 15.0 Å². The number of carbonyl (C=O) groups is 3. The van der Waals surface area contributed by atoms with Crippen LogP contribution in [-0.2, 0) is 20.9 Å². The van der Waals surface area contributed by atoms with Crippen LogP contribution in [0.1, 0.15) is 29.5 Å². The molecule has 0 aliphatic carbocycles. The summed E-state index contributed by atoms with van der Waals surface area (Å²) in [5.74, 6) is 0.255. The molecule has 2 N–H and O–H groups in total. The summed E-state index contributed by atoms with van der Waals surface area (Å²) in [5.41, 5.74) is 1.60. The summed E-state index contributed by atoms with van der Waals surface area (Å²) < 4.78 is 5.64. The van der Waals surface area contributed by atoms with Gasteiger partial charge in [0.25, 0.3) is 5.91 Å². The van der Waals surface area contributed by atoms with Crippen LogP contribution in [0.3, 0.4) is 0 Å². The van der Waals surface area contributed by atoms with Gasteiger partial charge in [0.05, 0.1) is 17.1 Å². The number of thiazole rings is 1. The van der Waals surface area contributed by atoms with Crippen LogP contribution in [0.25, 0.3) is 10.6 Å². The lowest BCUT2D eigenvalue weighted by Crippen LogP contribution is -2.24. The molecule has 0 radical (unpaired) electrons. The molecule has 0 spiro atoms. The topological polar surface area (TPSA) is 101 Å². The maximum absolute atomic E-state index is 12.4. The molecule has 172 valence electrons. The largest absolute Gasteiger partial charge is 0.484 e. The highest BCUT2D eigenvalue weighted by Gasteiger charge is 2.22. The second-order valence-corrected chi connectivity index (χ2v) is 9.95. The number of carbonyl (C=O) groups excluding carboxylic acids is 3. The molecule has 0 atom stereocenters. The fraction of sp³-hybridized carbons (Fsp3) is 0.304. The second kappa shape index (κ2) is 10.1. The lowest BCUT2D eigenvalue weighted by Gasteiger charge is -2.16. The molecule has 0 bridgehead atoms. The fourth-order valence-corrected chi connectivity index (χ4v) is 5.36. The quantitative estimate of drug-likeness (QED) is 0.504. The zero-order chi connectivity index (χ0) is 23.4. The summed E-state index contributed by atoms with van der Waals surface area (Å²) >= 11 is 2.96. The van der Waals surface area contributed by atoms with Gasteiger partial charge >= 0.3 is 0 Å². The minimum atomic E-state index is -0.310. The maximum atomic E-state index is 12.4. The predicted molar refractivity (Wildman–Crippen MR) is 130 cm³/mol. The van der Waals surface area contributed by atoms with Gasteiger partial charge in [-0.1, -0.05) is 6.07 Å². The van der Waals surface area contributed by atoms with Crippen molar-refractivity contribution in [3.8, 4) is 16.3 Å². The van der Waals surface area contributed by atoms with Gasteiger partial charge in [-0.2, -0.15) is 0 Å². The number of ether oxygens (including phenoxy) is 1. The number of benzene rings is 1. The number of aromatic nitrogens is 1. The summed E-state index contributed by atoms with van der Waals surface area (Å²) in [5, 5.41) is 6.08. The van der Waals surface area contributed by atoms with Crippen molar-refractivity contribution in [3.05, 3.63) is 46.2 Å². The van der Waals surface area contributed by atoms with E-state index in [-0.39, 0.29) is 24.3 Å². The third kappa shape index (κ3) is 5.77. The van der Waals surface area contributed by atoms with Gasteiger partial charge in [0.1, 0.15) is 5.75 Å². The van der Waals surface area contributed by atoms with Crippen LogP contribution < -0.4 is 20.3 Å². The van der Waals surface area contributed by atoms with Crippen LogP contribution in [0.5, 0.6) is 5.75 Å². The van der Waals surface area contributed by atoms with E-state index in [0.717, 1.165) is 32.4 Å². The zero-order valence-corrected chi connectivity index (χ0v) is 20.0. The number of rotatable bonds is 8. The Kier molecular flexibility index (Phi) is 7.05. The third-order valence-corrected chi connectivity index (χ3v) is 7.00. The van der Waals surface area contributed by atoms with Crippen LogP contribution in [0.2, 0.25) is 0 Å². The monoisotopic (exact) mass is 484 g/mol. The van der Waals surface area contributed by atoms with E-state index < -0.39 is 0 Å². The molecule has 0 saturated carbocycles. The van der Waals surface area contributed by atoms with Crippen molar-refractivity contribution in [1.82, 2.24) is 10.3 Å². The average molecular weight is 485 g/mol. The Morgan fingerprint density at radius 2 is 2.06 bits per heavy atom. The first-order valence-electron chi connectivity index (χ1n) is 10.5. The van der Waals surface area contributed by atoms with E-state index in [4.69, 9.17) is 4.74 Å². The van der Waals surface area contributed by atoms with Crippen molar-refractivity contribution in [2.24, 2.45) is 0 Å². The van der Waals surface area contributed by atoms with Gasteiger partial charge in [-0.15, -0.1) is 22.7 Å². The highest BCUT2D eigenvalue weighted by Crippen LogP contribution is 2.34. The smallest absolute Gasteiger partial charge is 0.264 e. The molecule has 0 unspecified atom stereocenters. The molecule has 4 rings (SSSR count). The highest BCUT2D eigenvalue weighted by molar-refractivity contribution is 7.18. The summed E-state index contributed by atoms with van der Waals surface area (Å²) in [6, 6.07) is 11.1. The van der Waals surface area contributed by atoms with Crippen molar-refractivity contribution in [3.63, 3.8) is 0 Å². The number of hydrogen-bond acceptors (Lipinski definition) is 7. The van der Waals surface area contributed by atoms with Gasteiger partial charge in [0.2, 0.25) is 11.8 Å². The van der Waals surface area contributed by atoms with E-state index in [1.807, 2.05) is 31.2 Å². The number of amides is 3. The molecule has 10 heteroatoms. The van der Waals surface area contributed by atoms with E-state index in [0.29, 0.717) is 30.4 Å². The molecule has 3 aromatic rings. The lowest BCUT2D eigenvalue weighted by atomic mass is 10.3. The number of hydrogen-bond donors (Lipinski definition) is 2. The Morgan fingerprint density at radius 1 is 1.21 bits per heavy atom. The third-order valence-electron chi connectivity index (χ3n) is 5.02. The Balaban J connectivity index is 1.34. The minimum absolute atomic E-state index is 0.0710. The zero-order valence-electron chi connectivity index (χ0n) is 18.3. The lowest BCUT2D eigenvalue weighted by molar-refractivity contribution is -0.119. The number of aryl methyl sites for hydroxylation is 1. The van der Waals surface area contributed by atoms with Crippen LogP contribution in [0.4, 0.5) is 10.8 Å². The first-order valence-corrected chi connectivity index (χ1v) is 12.2. The van der Waals surface area contributed by atoms with Gasteiger partial charge in [-0.25, -0.2) is 4.98 Å². The molecule has 1 aromatic carbocycles. The summed E-state index contributed by atoms with van der Waals surface area (Å²) in [7, 11) is 0. The molecule has 1 saturated heterocycles. The van der Waals surface area contributed by atoms with Crippen molar-refractivity contribution < 1.29 is 19.1 Å². The summed E-state index contributed by atoms with van der Waals surface area (Å²) in [4.78, 5) is 44.8. The van der Waals surface area contributed by atoms with Crippen LogP contribution in [0, 0.1) is 6.92 Å². The van der Waals surface area contributed by atoms with Crippen molar-refractivity contribution >= 4 is 51.2 Å². The average Bonchev–Trinajstić information content (AvgIpc) is 3.51. The van der Waals surface area contributed by atoms with Crippen LogP contribution in [0.15, 0.2) is 36.4 Å². The van der Waals surface area contributed by atoms with Crippen molar-refractivity contribution in [2.45, 2.75) is 33.2 Å². The molecule has 8 nitrogen and oxygen atoms in total. The van der Waals surface area contributed by atoms with E-state index in [9.17, 15) is 14.4 Å². The number of anilines is 2. The van der Waals surface area contributed by atoms with Gasteiger partial charge in [0, 0.05) is 41.4 Å². The molecule has 3 amide bonds. The molecule has 3 heterocycles. The number of thiophene rings is 1. The minimum Gasteiger partial charge on any atom is -0.484 e. The van der Waals surface area contributed by atoms with Crippen molar-refractivity contribution in [1.29, 1.82) is 0 Å². The molecular weight excluding hydrogens is 460 g/mol. The number of nitrogens with one attached hydrogen (secondary N) is 2. The maximum Gasteiger partial charge on any atom is 0.264 e. The first-order chi connectivity index (χ1) is 15.9. The number of nitrogens with zero attached hydrogens (tertiary/aromatic N) is 2. The summed E-state index contributed by atoms with van der Waals surface area (Å²) in [6.07, 6.45) is 1.41. The SMILES string of the molecule is CC(=O)NCc1ccc(-c2nc(NC(=O)COc3cccc(N4CCCC4=O)c3)sc2C)s1. The fourth-order valence-electron chi connectivity index (χ4n) is 3.46. The molecule has 2 aromatic heterocycles. The molecular formula is C23H24N4O4S2. The first kappa shape index (κ1) is 22.9. The molecule has 33 heavy (non-hydrogen) atoms. The van der Waals surface area contributed by atoms with Gasteiger partial charge in [-0.3, -0.25) is 19.7 Å². The van der Waals surface area contributed by atoms with E-state index >= 15 is 0 Å². The normalized spacial score (nSPS) is 13.3. The van der Waals surface area contributed by atoms with E-state index in [1.54, 1.807) is 28.4 Å². The van der Waals surface area contributed by atoms with Crippen molar-refractivity contribution in [2.75, 3.05) is 23.4 Å². The molecule has 1 fully saturated rings. The van der Waals surface area contributed by atoms with Gasteiger partial charge in [-0.05, 0) is 37.6 Å². The van der Waals surface area contributed by atoms with E-state index in [1.165, 1.54) is 18.3 Å². The highest BCUT2D eigenvalue weighted by atomic mass is 32.1. The predicted octanol–water partition coefficient (Wildman–Crippen LogP) is 3.96. The van der Waals surface area contributed by atoms with Crippen LogP contribution in [-0.4, -0.2) is 35.9 Å². The second-order valence-electron chi connectivity index (χ2n) is 7.58. The Hall–Kier alpha value is -3.24. The van der Waals surface area contributed by atoms with Crippen LogP contribution >= 0.6 is 22.7 Å². The molecule has 1 aliphatic rings. The Labute approximate surface area is 199 Å². The summed E-state index contributed by atoms with van der Waals surface area (Å²) in [6.45, 7) is 4.47. The Morgan fingerprint density at radius 3 is 2.82 bits per heavy atom. The Bertz CT molecular complexity index is 1190. The van der Waals surface area contributed by atoms with E-state index in [2.05, 4.69) is 15.6 Å².